The normalized spacial score (nSPS) is 10.7. The molecule has 2 N–H and O–H groups in total. The summed E-state index contributed by atoms with van der Waals surface area (Å²) >= 11 is 5.07. The maximum atomic E-state index is 10.4. The maximum absolute atomic E-state index is 10.4. The standard InChI is InChI=1S/C14H15BrN2O2S/c15-11-4-1-3-10(7-11)14-17-12(9-20-14)8-16-6-2-5-13(18)19/h1,3-4,7,9,16H,2,5-6,8H2,(H,18,19). The van der Waals surface area contributed by atoms with Crippen molar-refractivity contribution in [2.45, 2.75) is 19.4 Å². The molecule has 1 heterocycles. The molecule has 0 fully saturated rings. The number of nitrogens with zero attached hydrogens (tertiary/aromatic N) is 1. The van der Waals surface area contributed by atoms with Gasteiger partial charge in [-0.3, -0.25) is 4.79 Å². The van der Waals surface area contributed by atoms with Gasteiger partial charge in [-0.2, -0.15) is 0 Å². The number of thiazole rings is 1. The minimum Gasteiger partial charge on any atom is -0.481 e. The van der Waals surface area contributed by atoms with Crippen molar-refractivity contribution in [1.82, 2.24) is 10.3 Å². The highest BCUT2D eigenvalue weighted by Gasteiger charge is 2.05. The second kappa shape index (κ2) is 7.52. The summed E-state index contributed by atoms with van der Waals surface area (Å²) in [5.74, 6) is -0.752. The van der Waals surface area contributed by atoms with Crippen molar-refractivity contribution in [3.8, 4) is 10.6 Å². The molecule has 6 heteroatoms. The predicted octanol–water partition coefficient (Wildman–Crippen LogP) is 3.53. The lowest BCUT2D eigenvalue weighted by Gasteiger charge is -2.00. The van der Waals surface area contributed by atoms with E-state index < -0.39 is 5.97 Å². The van der Waals surface area contributed by atoms with Gasteiger partial charge in [-0.1, -0.05) is 28.1 Å². The molecule has 0 bridgehead atoms. The summed E-state index contributed by atoms with van der Waals surface area (Å²) in [5.41, 5.74) is 2.09. The van der Waals surface area contributed by atoms with Crippen molar-refractivity contribution in [3.05, 3.63) is 39.8 Å². The molecule has 0 saturated carbocycles. The molecule has 0 amide bonds. The zero-order valence-corrected chi connectivity index (χ0v) is 13.2. The number of halogens is 1. The summed E-state index contributed by atoms with van der Waals surface area (Å²) in [6.07, 6.45) is 0.839. The molecule has 1 aromatic heterocycles. The van der Waals surface area contributed by atoms with E-state index in [0.717, 1.165) is 20.7 Å². The molecule has 4 nitrogen and oxygen atoms in total. The third-order valence-corrected chi connectivity index (χ3v) is 4.11. The number of nitrogens with one attached hydrogen (secondary N) is 1. The lowest BCUT2D eigenvalue weighted by molar-refractivity contribution is -0.137. The number of hydrogen-bond acceptors (Lipinski definition) is 4. The Labute approximate surface area is 130 Å². The van der Waals surface area contributed by atoms with Gasteiger partial charge in [-0.25, -0.2) is 4.98 Å². The van der Waals surface area contributed by atoms with E-state index in [1.165, 1.54) is 0 Å². The summed E-state index contributed by atoms with van der Waals surface area (Å²) in [7, 11) is 0. The number of carbonyl (C=O) groups is 1. The van der Waals surface area contributed by atoms with Gasteiger partial charge in [0.2, 0.25) is 0 Å². The number of carboxylic acids is 1. The summed E-state index contributed by atoms with van der Waals surface area (Å²) in [6, 6.07) is 8.06. The van der Waals surface area contributed by atoms with E-state index in [9.17, 15) is 4.79 Å². The molecule has 1 aromatic carbocycles. The Kier molecular flexibility index (Phi) is 5.70. The number of benzene rings is 1. The van der Waals surface area contributed by atoms with Crippen LogP contribution in [0.2, 0.25) is 0 Å². The largest absolute Gasteiger partial charge is 0.481 e. The van der Waals surface area contributed by atoms with Crippen LogP contribution in [0.3, 0.4) is 0 Å². The van der Waals surface area contributed by atoms with Gasteiger partial charge in [-0.15, -0.1) is 11.3 Å². The minimum absolute atomic E-state index is 0.202. The monoisotopic (exact) mass is 354 g/mol. The third-order valence-electron chi connectivity index (χ3n) is 2.67. The average Bonchev–Trinajstić information content (AvgIpc) is 2.87. The number of rotatable bonds is 7. The minimum atomic E-state index is -0.752. The summed E-state index contributed by atoms with van der Waals surface area (Å²) in [6.45, 7) is 1.36. The highest BCUT2D eigenvalue weighted by atomic mass is 79.9. The summed E-state index contributed by atoms with van der Waals surface area (Å²) in [5, 5.41) is 14.8. The SMILES string of the molecule is O=C(O)CCCNCc1csc(-c2cccc(Br)c2)n1. The molecule has 0 atom stereocenters. The van der Waals surface area contributed by atoms with E-state index in [0.29, 0.717) is 19.5 Å². The van der Waals surface area contributed by atoms with Crippen molar-refractivity contribution in [2.75, 3.05) is 6.54 Å². The molecule has 2 rings (SSSR count). The van der Waals surface area contributed by atoms with Gasteiger partial charge in [0.05, 0.1) is 5.69 Å². The van der Waals surface area contributed by atoms with E-state index in [1.54, 1.807) is 11.3 Å². The van der Waals surface area contributed by atoms with Gasteiger partial charge in [0, 0.05) is 28.4 Å². The van der Waals surface area contributed by atoms with Crippen LogP contribution in [0.1, 0.15) is 18.5 Å². The fourth-order valence-electron chi connectivity index (χ4n) is 1.72. The van der Waals surface area contributed by atoms with Crippen molar-refractivity contribution < 1.29 is 9.90 Å². The Morgan fingerprint density at radius 2 is 2.30 bits per heavy atom. The van der Waals surface area contributed by atoms with Crippen LogP contribution in [0.5, 0.6) is 0 Å². The Balaban J connectivity index is 1.85. The van der Waals surface area contributed by atoms with Crippen LogP contribution in [0.4, 0.5) is 0 Å². The van der Waals surface area contributed by atoms with Crippen LogP contribution in [0.25, 0.3) is 10.6 Å². The second-order valence-corrected chi connectivity index (χ2v) is 6.10. The first-order valence-corrected chi connectivity index (χ1v) is 7.95. The molecule has 0 aliphatic heterocycles. The average molecular weight is 355 g/mol. The molecule has 20 heavy (non-hydrogen) atoms. The molecule has 0 radical (unpaired) electrons. The molecule has 2 aromatic rings. The zero-order valence-electron chi connectivity index (χ0n) is 10.8. The Hall–Kier alpha value is -1.24. The van der Waals surface area contributed by atoms with Gasteiger partial charge in [0.1, 0.15) is 5.01 Å². The molecule has 0 saturated heterocycles. The van der Waals surface area contributed by atoms with Crippen LogP contribution in [0, 0.1) is 0 Å². The van der Waals surface area contributed by atoms with Crippen molar-refractivity contribution in [3.63, 3.8) is 0 Å². The first-order chi connectivity index (χ1) is 9.65. The third kappa shape index (κ3) is 4.70. The van der Waals surface area contributed by atoms with E-state index in [2.05, 4.69) is 26.2 Å². The fourth-order valence-corrected chi connectivity index (χ4v) is 2.94. The molecule has 0 unspecified atom stereocenters. The summed E-state index contributed by atoms with van der Waals surface area (Å²) < 4.78 is 1.04. The Morgan fingerprint density at radius 3 is 3.05 bits per heavy atom. The first kappa shape index (κ1) is 15.2. The van der Waals surface area contributed by atoms with Crippen molar-refractivity contribution in [1.29, 1.82) is 0 Å². The van der Waals surface area contributed by atoms with Crippen LogP contribution >= 0.6 is 27.3 Å². The molecule has 0 aliphatic carbocycles. The van der Waals surface area contributed by atoms with E-state index in [-0.39, 0.29) is 6.42 Å². The van der Waals surface area contributed by atoms with Gasteiger partial charge < -0.3 is 10.4 Å². The van der Waals surface area contributed by atoms with Crippen LogP contribution in [-0.2, 0) is 11.3 Å². The number of aromatic nitrogens is 1. The van der Waals surface area contributed by atoms with Gasteiger partial charge >= 0.3 is 5.97 Å². The highest BCUT2D eigenvalue weighted by Crippen LogP contribution is 2.26. The number of carboxylic acid groups (broad SMARTS) is 1. The molecule has 0 spiro atoms. The van der Waals surface area contributed by atoms with Crippen LogP contribution in [-0.4, -0.2) is 22.6 Å². The summed E-state index contributed by atoms with van der Waals surface area (Å²) in [4.78, 5) is 15.0. The Bertz CT molecular complexity index is 586. The van der Waals surface area contributed by atoms with Crippen molar-refractivity contribution >= 4 is 33.2 Å². The van der Waals surface area contributed by atoms with Crippen molar-refractivity contribution in [2.24, 2.45) is 0 Å². The second-order valence-electron chi connectivity index (χ2n) is 4.33. The quantitative estimate of drug-likeness (QED) is 0.746. The smallest absolute Gasteiger partial charge is 0.303 e. The highest BCUT2D eigenvalue weighted by molar-refractivity contribution is 9.10. The first-order valence-electron chi connectivity index (χ1n) is 6.28. The lowest BCUT2D eigenvalue weighted by Crippen LogP contribution is -2.15. The number of hydrogen-bond donors (Lipinski definition) is 2. The predicted molar refractivity (Wildman–Crippen MR) is 83.8 cm³/mol. The maximum Gasteiger partial charge on any atom is 0.303 e. The van der Waals surface area contributed by atoms with Gasteiger partial charge in [0.25, 0.3) is 0 Å². The number of aliphatic carboxylic acids is 1. The van der Waals surface area contributed by atoms with E-state index >= 15 is 0 Å². The van der Waals surface area contributed by atoms with Gasteiger partial charge in [0.15, 0.2) is 0 Å². The van der Waals surface area contributed by atoms with Crippen LogP contribution in [0.15, 0.2) is 34.1 Å². The molecular weight excluding hydrogens is 340 g/mol. The molecule has 106 valence electrons. The van der Waals surface area contributed by atoms with Crippen LogP contribution < -0.4 is 5.32 Å². The van der Waals surface area contributed by atoms with E-state index in [1.807, 2.05) is 29.6 Å². The molecular formula is C14H15BrN2O2S. The Morgan fingerprint density at radius 1 is 1.45 bits per heavy atom. The van der Waals surface area contributed by atoms with E-state index in [4.69, 9.17) is 5.11 Å². The topological polar surface area (TPSA) is 62.2 Å². The fraction of sp³-hybridized carbons (Fsp3) is 0.286. The molecule has 0 aliphatic rings. The zero-order chi connectivity index (χ0) is 14.4. The lowest BCUT2D eigenvalue weighted by atomic mass is 10.2. The van der Waals surface area contributed by atoms with Gasteiger partial charge in [-0.05, 0) is 25.1 Å².